The predicted molar refractivity (Wildman–Crippen MR) is 121 cm³/mol. The van der Waals surface area contributed by atoms with Gasteiger partial charge in [-0.05, 0) is 54.2 Å². The maximum absolute atomic E-state index is 5.30. The minimum absolute atomic E-state index is 0.0495. The van der Waals surface area contributed by atoms with Crippen molar-refractivity contribution in [2.24, 2.45) is 0 Å². The largest absolute Gasteiger partial charge is 0.299 e. The molecule has 30 heavy (non-hydrogen) atoms. The minimum atomic E-state index is -0.0495. The first kappa shape index (κ1) is 17.0. The fraction of sp³-hybridized carbons (Fsp3) is 0.407. The van der Waals surface area contributed by atoms with Gasteiger partial charge in [-0.25, -0.2) is 9.55 Å². The van der Waals surface area contributed by atoms with Gasteiger partial charge in [0.25, 0.3) is 5.65 Å². The van der Waals surface area contributed by atoms with E-state index in [1.54, 1.807) is 11.1 Å². The van der Waals surface area contributed by atoms with Crippen molar-refractivity contribution in [3.8, 4) is 0 Å². The topological polar surface area (TPSA) is 21.2 Å². The summed E-state index contributed by atoms with van der Waals surface area (Å²) >= 11 is 0. The third kappa shape index (κ3) is 1.46. The molecule has 1 aliphatic heterocycles. The molecule has 0 radical (unpaired) electrons. The lowest BCUT2D eigenvalue weighted by atomic mass is 9.53. The van der Waals surface area contributed by atoms with Gasteiger partial charge < -0.3 is 0 Å². The summed E-state index contributed by atoms with van der Waals surface area (Å²) in [5, 5.41) is 1.37. The van der Waals surface area contributed by atoms with Gasteiger partial charge in [-0.15, -0.1) is 0 Å². The highest BCUT2D eigenvalue weighted by molar-refractivity contribution is 6.00. The number of allylic oxidation sites excluding steroid dienone is 2. The fourth-order valence-electron chi connectivity index (χ4n) is 7.35. The average Bonchev–Trinajstić information content (AvgIpc) is 3.39. The van der Waals surface area contributed by atoms with Crippen LogP contribution in [-0.2, 0) is 16.4 Å². The van der Waals surface area contributed by atoms with Gasteiger partial charge in [0.2, 0.25) is 5.82 Å². The molecule has 0 saturated carbocycles. The van der Waals surface area contributed by atoms with E-state index in [-0.39, 0.29) is 16.4 Å². The van der Waals surface area contributed by atoms with Crippen molar-refractivity contribution in [1.82, 2.24) is 9.38 Å². The van der Waals surface area contributed by atoms with Crippen molar-refractivity contribution in [1.29, 1.82) is 0 Å². The first-order chi connectivity index (χ1) is 14.4. The highest BCUT2D eigenvalue weighted by Gasteiger charge is 2.76. The molecule has 150 valence electrons. The molecule has 2 aromatic carbocycles. The molecule has 2 aromatic heterocycles. The SMILES string of the molecule is CCC12C3=C(C3)C1(CC)[n+]1c3ccccc3n3c(C(C)(C)C)nc4cccc2c4c31. The zero-order valence-corrected chi connectivity index (χ0v) is 18.5. The number of hydrogen-bond acceptors (Lipinski definition) is 1. The Morgan fingerprint density at radius 2 is 1.80 bits per heavy atom. The molecular formula is C27H28N3+. The smallest absolute Gasteiger partial charge is 0.212 e. The van der Waals surface area contributed by atoms with Gasteiger partial charge in [0, 0.05) is 5.41 Å². The second-order valence-electron chi connectivity index (χ2n) is 10.5. The van der Waals surface area contributed by atoms with Gasteiger partial charge in [-0.1, -0.05) is 58.9 Å². The monoisotopic (exact) mass is 394 g/mol. The fourth-order valence-corrected chi connectivity index (χ4v) is 7.35. The van der Waals surface area contributed by atoms with Gasteiger partial charge in [0.05, 0.1) is 16.3 Å². The Hall–Kier alpha value is -2.68. The Morgan fingerprint density at radius 3 is 2.53 bits per heavy atom. The van der Waals surface area contributed by atoms with Gasteiger partial charge in [0.1, 0.15) is 5.54 Å². The summed E-state index contributed by atoms with van der Waals surface area (Å²) in [5.41, 5.74) is 10.2. The second kappa shape index (κ2) is 4.80. The second-order valence-corrected chi connectivity index (χ2v) is 10.5. The van der Waals surface area contributed by atoms with Gasteiger partial charge in [-0.3, -0.25) is 0 Å². The van der Waals surface area contributed by atoms with E-state index in [1.165, 1.54) is 34.1 Å². The lowest BCUT2D eigenvalue weighted by Gasteiger charge is -2.53. The van der Waals surface area contributed by atoms with E-state index in [2.05, 4.69) is 86.1 Å². The van der Waals surface area contributed by atoms with E-state index >= 15 is 0 Å². The van der Waals surface area contributed by atoms with Crippen LogP contribution in [0.4, 0.5) is 0 Å². The minimum Gasteiger partial charge on any atom is -0.212 e. The van der Waals surface area contributed by atoms with Crippen LogP contribution in [0.1, 0.15) is 65.3 Å². The molecule has 2 aliphatic carbocycles. The number of aromatic nitrogens is 3. The van der Waals surface area contributed by atoms with Crippen LogP contribution in [0.5, 0.6) is 0 Å². The van der Waals surface area contributed by atoms with E-state index in [9.17, 15) is 0 Å². The molecule has 2 unspecified atom stereocenters. The summed E-state index contributed by atoms with van der Waals surface area (Å²) < 4.78 is 5.23. The number of rotatable bonds is 2. The zero-order chi connectivity index (χ0) is 20.6. The Morgan fingerprint density at radius 1 is 1.00 bits per heavy atom. The lowest BCUT2D eigenvalue weighted by Crippen LogP contribution is -2.71. The van der Waals surface area contributed by atoms with Gasteiger partial charge in [0.15, 0.2) is 11.0 Å². The first-order valence-corrected chi connectivity index (χ1v) is 11.4. The van der Waals surface area contributed by atoms with Crippen molar-refractivity contribution in [2.45, 2.75) is 70.3 Å². The Kier molecular flexibility index (Phi) is 2.72. The molecule has 0 bridgehead atoms. The Labute approximate surface area is 177 Å². The number of nitrogens with zero attached hydrogens (tertiary/aromatic N) is 3. The van der Waals surface area contributed by atoms with Crippen LogP contribution in [0.3, 0.4) is 0 Å². The molecule has 7 rings (SSSR count). The number of para-hydroxylation sites is 2. The summed E-state index contributed by atoms with van der Waals surface area (Å²) in [7, 11) is 0. The van der Waals surface area contributed by atoms with Gasteiger partial charge in [-0.2, -0.15) is 4.40 Å². The molecule has 0 amide bonds. The maximum atomic E-state index is 5.30. The van der Waals surface area contributed by atoms with Crippen LogP contribution < -0.4 is 4.57 Å². The van der Waals surface area contributed by atoms with Crippen LogP contribution in [0.15, 0.2) is 53.6 Å². The molecule has 0 fully saturated rings. The van der Waals surface area contributed by atoms with E-state index in [0.717, 1.165) is 24.2 Å². The normalized spacial score (nSPS) is 26.4. The summed E-state index contributed by atoms with van der Waals surface area (Å²) in [4.78, 5) is 5.30. The molecule has 3 heterocycles. The van der Waals surface area contributed by atoms with Crippen LogP contribution >= 0.6 is 0 Å². The standard InChI is InChI=1S/C27H28N3/c1-6-26-16-11-10-12-19-22(16)23-29(24(28-19)25(3,4)5)20-13-8-9-14-21(20)30(23)27(26,7-2)18-15-17(18)26/h8-14H,6-7,15H2,1-5H3/q+1. The molecule has 4 aromatic rings. The Balaban J connectivity index is 1.85. The third-order valence-corrected chi connectivity index (χ3v) is 8.36. The maximum Gasteiger partial charge on any atom is 0.299 e. The molecule has 3 nitrogen and oxygen atoms in total. The molecule has 3 heteroatoms. The molecular weight excluding hydrogens is 366 g/mol. The van der Waals surface area contributed by atoms with Crippen LogP contribution in [0, 0.1) is 0 Å². The third-order valence-electron chi connectivity index (χ3n) is 8.36. The summed E-state index contributed by atoms with van der Waals surface area (Å²) in [6.45, 7) is 11.6. The van der Waals surface area contributed by atoms with Crippen LogP contribution in [0.2, 0.25) is 0 Å². The summed E-state index contributed by atoms with van der Waals surface area (Å²) in [5.74, 6) is 1.15. The van der Waals surface area contributed by atoms with Crippen molar-refractivity contribution >= 4 is 27.6 Å². The number of fused-ring (bicyclic) bond motifs is 8. The van der Waals surface area contributed by atoms with Crippen molar-refractivity contribution in [2.75, 3.05) is 0 Å². The van der Waals surface area contributed by atoms with E-state index in [1.807, 2.05) is 0 Å². The van der Waals surface area contributed by atoms with Crippen molar-refractivity contribution in [3.63, 3.8) is 0 Å². The predicted octanol–water partition coefficient (Wildman–Crippen LogP) is 5.71. The van der Waals surface area contributed by atoms with Crippen LogP contribution in [0.25, 0.3) is 27.6 Å². The molecule has 0 spiro atoms. The Bertz CT molecular complexity index is 1480. The number of hydrogen-bond donors (Lipinski definition) is 0. The quantitative estimate of drug-likeness (QED) is 0.315. The van der Waals surface area contributed by atoms with Crippen LogP contribution in [-0.4, -0.2) is 9.38 Å². The van der Waals surface area contributed by atoms with E-state index in [0.29, 0.717) is 0 Å². The molecule has 3 aliphatic rings. The zero-order valence-electron chi connectivity index (χ0n) is 18.5. The average molecular weight is 395 g/mol. The summed E-state index contributed by atoms with van der Waals surface area (Å²) in [6, 6.07) is 15.8. The lowest BCUT2D eigenvalue weighted by molar-refractivity contribution is -0.723. The van der Waals surface area contributed by atoms with E-state index < -0.39 is 0 Å². The summed E-state index contributed by atoms with van der Waals surface area (Å²) in [6.07, 6.45) is 3.50. The van der Waals surface area contributed by atoms with Crippen molar-refractivity contribution < 1.29 is 4.57 Å². The first-order valence-electron chi connectivity index (χ1n) is 11.4. The van der Waals surface area contributed by atoms with Gasteiger partial charge >= 0.3 is 0 Å². The molecule has 0 N–H and O–H groups in total. The number of benzene rings is 2. The molecule has 2 atom stereocenters. The highest BCUT2D eigenvalue weighted by atomic mass is 15.2. The number of imidazole rings is 1. The highest BCUT2D eigenvalue weighted by Crippen LogP contribution is 2.74. The van der Waals surface area contributed by atoms with E-state index in [4.69, 9.17) is 4.98 Å². The van der Waals surface area contributed by atoms with Crippen molar-refractivity contribution in [3.05, 3.63) is 65.0 Å². The molecule has 0 saturated heterocycles.